The van der Waals surface area contributed by atoms with Crippen molar-refractivity contribution in [3.05, 3.63) is 73.2 Å². The maximum Gasteiger partial charge on any atom is 0.339 e. The molecule has 108 valence electrons. The number of non-ortho nitro benzene ring substituents is 1. The molecule has 2 aromatic carbocycles. The van der Waals surface area contributed by atoms with Crippen molar-refractivity contribution in [2.24, 2.45) is 0 Å². The quantitative estimate of drug-likeness (QED) is 0.455. The number of ether oxygens (including phenoxy) is 1. The van der Waals surface area contributed by atoms with Crippen molar-refractivity contribution < 1.29 is 14.5 Å². The third-order valence-corrected chi connectivity index (χ3v) is 3.79. The van der Waals surface area contributed by atoms with Gasteiger partial charge in [-0.25, -0.2) is 4.79 Å². The van der Waals surface area contributed by atoms with Gasteiger partial charge < -0.3 is 4.74 Å². The first-order valence-electron chi connectivity index (χ1n) is 5.83. The molecule has 7 heteroatoms. The van der Waals surface area contributed by atoms with E-state index in [9.17, 15) is 14.9 Å². The molecule has 0 N–H and O–H groups in total. The zero-order chi connectivity index (χ0) is 15.4. The lowest BCUT2D eigenvalue weighted by Gasteiger charge is -2.07. The van der Waals surface area contributed by atoms with Crippen molar-refractivity contribution in [2.75, 3.05) is 0 Å². The van der Waals surface area contributed by atoms with Crippen molar-refractivity contribution in [3.63, 3.8) is 0 Å². The fourth-order valence-corrected chi connectivity index (χ4v) is 2.27. The van der Waals surface area contributed by atoms with E-state index in [0.717, 1.165) is 16.1 Å². The Balaban J connectivity index is 2.11. The van der Waals surface area contributed by atoms with E-state index in [2.05, 4.69) is 15.9 Å². The summed E-state index contributed by atoms with van der Waals surface area (Å²) in [5, 5.41) is 10.6. The van der Waals surface area contributed by atoms with Crippen LogP contribution >= 0.6 is 27.5 Å². The third kappa shape index (κ3) is 3.80. The van der Waals surface area contributed by atoms with Crippen LogP contribution in [-0.2, 0) is 11.3 Å². The number of hydrogen-bond donors (Lipinski definition) is 0. The predicted octanol–water partition coefficient (Wildman–Crippen LogP) is 4.37. The molecule has 0 aliphatic carbocycles. The minimum Gasteiger partial charge on any atom is -0.457 e. The van der Waals surface area contributed by atoms with Crippen LogP contribution in [0.4, 0.5) is 5.69 Å². The highest BCUT2D eigenvalue weighted by Crippen LogP contribution is 2.24. The highest BCUT2D eigenvalue weighted by atomic mass is 79.9. The fourth-order valence-electron chi connectivity index (χ4n) is 1.62. The number of nitro benzene ring substituents is 1. The van der Waals surface area contributed by atoms with Gasteiger partial charge in [0.05, 0.1) is 15.5 Å². The monoisotopic (exact) mass is 369 g/mol. The minimum atomic E-state index is -0.634. The van der Waals surface area contributed by atoms with Gasteiger partial charge in [-0.05, 0) is 12.1 Å². The average molecular weight is 371 g/mol. The highest BCUT2D eigenvalue weighted by Gasteiger charge is 2.16. The minimum absolute atomic E-state index is 0.0127. The molecule has 0 radical (unpaired) electrons. The number of nitrogens with zero attached hydrogens (tertiary/aromatic N) is 1. The van der Waals surface area contributed by atoms with Gasteiger partial charge in [0.15, 0.2) is 0 Å². The highest BCUT2D eigenvalue weighted by molar-refractivity contribution is 9.10. The van der Waals surface area contributed by atoms with Gasteiger partial charge in [-0.1, -0.05) is 45.7 Å². The summed E-state index contributed by atoms with van der Waals surface area (Å²) in [7, 11) is 0. The third-order valence-electron chi connectivity index (χ3n) is 2.70. The molecule has 0 bridgehead atoms. The maximum absolute atomic E-state index is 11.9. The molecule has 2 aromatic rings. The Morgan fingerprint density at radius 1 is 1.29 bits per heavy atom. The molecular weight excluding hydrogens is 362 g/mol. The molecule has 5 nitrogen and oxygen atoms in total. The summed E-state index contributed by atoms with van der Waals surface area (Å²) < 4.78 is 5.98. The van der Waals surface area contributed by atoms with Crippen LogP contribution in [0.15, 0.2) is 46.9 Å². The smallest absolute Gasteiger partial charge is 0.339 e. The SMILES string of the molecule is O=C(OCc1ccccc1Br)c1ccc([N+](=O)[O-])cc1Cl. The predicted molar refractivity (Wildman–Crippen MR) is 81.4 cm³/mol. The fraction of sp³-hybridized carbons (Fsp3) is 0.0714. The second-order valence-corrected chi connectivity index (χ2v) is 5.35. The van der Waals surface area contributed by atoms with Crippen molar-refractivity contribution in [1.82, 2.24) is 0 Å². The molecule has 0 saturated heterocycles. The van der Waals surface area contributed by atoms with Gasteiger partial charge >= 0.3 is 5.97 Å². The Kier molecular flexibility index (Phi) is 4.93. The first-order valence-corrected chi connectivity index (χ1v) is 7.00. The van der Waals surface area contributed by atoms with E-state index in [4.69, 9.17) is 16.3 Å². The summed E-state index contributed by atoms with van der Waals surface area (Å²) in [4.78, 5) is 22.0. The largest absolute Gasteiger partial charge is 0.457 e. The van der Waals surface area contributed by atoms with Crippen molar-refractivity contribution in [1.29, 1.82) is 0 Å². The standard InChI is InChI=1S/C14H9BrClNO4/c15-12-4-2-1-3-9(12)8-21-14(18)11-6-5-10(17(19)20)7-13(11)16/h1-7H,8H2. The Labute approximate surface area is 133 Å². The van der Waals surface area contributed by atoms with Gasteiger partial charge in [0, 0.05) is 22.2 Å². The van der Waals surface area contributed by atoms with Gasteiger partial charge in [-0.2, -0.15) is 0 Å². The van der Waals surface area contributed by atoms with Crippen LogP contribution in [0.1, 0.15) is 15.9 Å². The lowest BCUT2D eigenvalue weighted by Crippen LogP contribution is -2.06. The van der Waals surface area contributed by atoms with Crippen LogP contribution in [-0.4, -0.2) is 10.9 Å². The summed E-state index contributed by atoms with van der Waals surface area (Å²) in [5.74, 6) is -0.634. The van der Waals surface area contributed by atoms with E-state index in [1.807, 2.05) is 24.3 Å². The molecule has 0 unspecified atom stereocenters. The van der Waals surface area contributed by atoms with E-state index in [0.29, 0.717) is 0 Å². The normalized spacial score (nSPS) is 10.2. The van der Waals surface area contributed by atoms with Gasteiger partial charge in [-0.3, -0.25) is 10.1 Å². The van der Waals surface area contributed by atoms with Crippen molar-refractivity contribution in [3.8, 4) is 0 Å². The summed E-state index contributed by atoms with van der Waals surface area (Å²) in [5.41, 5.74) is 0.723. The van der Waals surface area contributed by atoms with Gasteiger partial charge in [0.1, 0.15) is 6.61 Å². The number of nitro groups is 1. The molecule has 0 aromatic heterocycles. The van der Waals surface area contributed by atoms with E-state index in [1.54, 1.807) is 0 Å². The average Bonchev–Trinajstić information content (AvgIpc) is 2.46. The van der Waals surface area contributed by atoms with Crippen LogP contribution in [0.3, 0.4) is 0 Å². The zero-order valence-electron chi connectivity index (χ0n) is 10.6. The van der Waals surface area contributed by atoms with Crippen LogP contribution in [0.25, 0.3) is 0 Å². The molecule has 0 aliphatic heterocycles. The first kappa shape index (κ1) is 15.5. The van der Waals surface area contributed by atoms with Crippen LogP contribution < -0.4 is 0 Å². The molecule has 0 atom stereocenters. The summed E-state index contributed by atoms with van der Waals surface area (Å²) in [6, 6.07) is 10.9. The number of rotatable bonds is 4. The van der Waals surface area contributed by atoms with Crippen LogP contribution in [0.2, 0.25) is 5.02 Å². The number of carbonyl (C=O) groups is 1. The van der Waals surface area contributed by atoms with Crippen LogP contribution in [0.5, 0.6) is 0 Å². The molecule has 21 heavy (non-hydrogen) atoms. The van der Waals surface area contributed by atoms with Crippen molar-refractivity contribution >= 4 is 39.2 Å². The van der Waals surface area contributed by atoms with Gasteiger partial charge in [0.2, 0.25) is 0 Å². The summed E-state index contributed by atoms with van der Waals surface area (Å²) in [6.07, 6.45) is 0. The molecule has 0 amide bonds. The van der Waals surface area contributed by atoms with E-state index < -0.39 is 10.9 Å². The Hall–Kier alpha value is -1.92. The van der Waals surface area contributed by atoms with Crippen molar-refractivity contribution in [2.45, 2.75) is 6.61 Å². The second kappa shape index (κ2) is 6.69. The van der Waals surface area contributed by atoms with Crippen LogP contribution in [0, 0.1) is 10.1 Å². The zero-order valence-corrected chi connectivity index (χ0v) is 12.9. The Bertz CT molecular complexity index is 705. The molecule has 2 rings (SSSR count). The topological polar surface area (TPSA) is 69.4 Å². The molecular formula is C14H9BrClNO4. The van der Waals surface area contributed by atoms with E-state index in [-0.39, 0.29) is 22.9 Å². The lowest BCUT2D eigenvalue weighted by molar-refractivity contribution is -0.384. The molecule has 0 aliphatic rings. The lowest BCUT2D eigenvalue weighted by atomic mass is 10.2. The number of hydrogen-bond acceptors (Lipinski definition) is 4. The molecule has 0 fully saturated rings. The number of benzene rings is 2. The summed E-state index contributed by atoms with van der Waals surface area (Å²) >= 11 is 9.22. The maximum atomic E-state index is 11.9. The molecule has 0 saturated carbocycles. The number of esters is 1. The Morgan fingerprint density at radius 2 is 2.00 bits per heavy atom. The van der Waals surface area contributed by atoms with E-state index >= 15 is 0 Å². The Morgan fingerprint density at radius 3 is 2.62 bits per heavy atom. The second-order valence-electron chi connectivity index (χ2n) is 4.09. The van der Waals surface area contributed by atoms with Gasteiger partial charge in [-0.15, -0.1) is 0 Å². The van der Waals surface area contributed by atoms with E-state index in [1.165, 1.54) is 12.1 Å². The first-order chi connectivity index (χ1) is 9.99. The summed E-state index contributed by atoms with van der Waals surface area (Å²) in [6.45, 7) is 0.0770. The molecule has 0 heterocycles. The number of halogens is 2. The molecule has 0 spiro atoms. The number of carbonyl (C=O) groups excluding carboxylic acids is 1. The van der Waals surface area contributed by atoms with Gasteiger partial charge in [0.25, 0.3) is 5.69 Å².